The third-order valence-electron chi connectivity index (χ3n) is 6.66. The van der Waals surface area contributed by atoms with Crippen LogP contribution in [0.4, 0.5) is 0 Å². The summed E-state index contributed by atoms with van der Waals surface area (Å²) in [6.45, 7) is 4.58. The van der Waals surface area contributed by atoms with Gasteiger partial charge in [-0.3, -0.25) is 14.6 Å². The molecule has 40 heavy (non-hydrogen) atoms. The summed E-state index contributed by atoms with van der Waals surface area (Å²) in [5.41, 5.74) is 2.51. The van der Waals surface area contributed by atoms with Gasteiger partial charge in [0.15, 0.2) is 0 Å². The van der Waals surface area contributed by atoms with E-state index in [0.29, 0.717) is 40.7 Å². The van der Waals surface area contributed by atoms with Gasteiger partial charge in [0.1, 0.15) is 23.0 Å². The monoisotopic (exact) mass is 534 g/mol. The van der Waals surface area contributed by atoms with E-state index in [1.165, 1.54) is 4.90 Å². The van der Waals surface area contributed by atoms with Crippen molar-refractivity contribution in [1.29, 1.82) is 0 Å². The first-order chi connectivity index (χ1) is 19.5. The van der Waals surface area contributed by atoms with Crippen LogP contribution in [-0.4, -0.2) is 33.3 Å². The quantitative estimate of drug-likeness (QED) is 0.148. The summed E-state index contributed by atoms with van der Waals surface area (Å²) in [6, 6.07) is 26.4. The van der Waals surface area contributed by atoms with Gasteiger partial charge in [-0.05, 0) is 79.1 Å². The van der Waals surface area contributed by atoms with E-state index in [0.717, 1.165) is 12.0 Å². The van der Waals surface area contributed by atoms with Crippen LogP contribution in [0.5, 0.6) is 17.2 Å². The van der Waals surface area contributed by atoms with Crippen LogP contribution in [0.15, 0.2) is 103 Å². The van der Waals surface area contributed by atoms with E-state index < -0.39 is 17.7 Å². The Kier molecular flexibility index (Phi) is 7.92. The van der Waals surface area contributed by atoms with Gasteiger partial charge in [0.2, 0.25) is 0 Å². The fourth-order valence-corrected chi connectivity index (χ4v) is 4.75. The smallest absolute Gasteiger partial charge is 0.296 e. The van der Waals surface area contributed by atoms with Crippen molar-refractivity contribution in [3.63, 3.8) is 0 Å². The molecule has 0 aliphatic carbocycles. The van der Waals surface area contributed by atoms with E-state index in [-0.39, 0.29) is 17.9 Å². The number of aliphatic hydroxyl groups excluding tert-OH is 1. The molecule has 5 rings (SSSR count). The highest BCUT2D eigenvalue weighted by atomic mass is 16.5. The second kappa shape index (κ2) is 11.9. The van der Waals surface area contributed by atoms with Crippen LogP contribution in [0.3, 0.4) is 0 Å². The molecule has 0 saturated carbocycles. The standard InChI is InChI=1S/C33H30N2O5/c1-3-18-39-28-16-15-24(19-22(28)2)31(36)29-30(35(33(38)32(29)37)21-25-11-7-8-17-34-25)23-10-9-14-27(20-23)40-26-12-5-4-6-13-26/h4-17,19-20,30,36H,3,18,21H2,1-2H3/b31-29+. The van der Waals surface area contributed by atoms with Crippen molar-refractivity contribution >= 4 is 17.4 Å². The van der Waals surface area contributed by atoms with Gasteiger partial charge in [0, 0.05) is 11.8 Å². The number of aryl methyl sites for hydroxylation is 1. The number of aromatic nitrogens is 1. The molecule has 1 saturated heterocycles. The molecule has 1 amide bonds. The maximum atomic E-state index is 13.5. The summed E-state index contributed by atoms with van der Waals surface area (Å²) in [7, 11) is 0. The van der Waals surface area contributed by atoms with Crippen LogP contribution in [-0.2, 0) is 16.1 Å². The van der Waals surface area contributed by atoms with Crippen LogP contribution >= 0.6 is 0 Å². The summed E-state index contributed by atoms with van der Waals surface area (Å²) >= 11 is 0. The molecule has 7 nitrogen and oxygen atoms in total. The Bertz CT molecular complexity index is 1550. The number of amides is 1. The van der Waals surface area contributed by atoms with Crippen LogP contribution in [0, 0.1) is 6.92 Å². The molecule has 1 atom stereocenters. The van der Waals surface area contributed by atoms with Gasteiger partial charge in [-0.15, -0.1) is 0 Å². The molecular formula is C33H30N2O5. The van der Waals surface area contributed by atoms with Crippen LogP contribution in [0.2, 0.25) is 0 Å². The van der Waals surface area contributed by atoms with Crippen LogP contribution < -0.4 is 9.47 Å². The highest BCUT2D eigenvalue weighted by Crippen LogP contribution is 2.41. The highest BCUT2D eigenvalue weighted by Gasteiger charge is 2.46. The summed E-state index contributed by atoms with van der Waals surface area (Å²) < 4.78 is 11.8. The lowest BCUT2D eigenvalue weighted by Crippen LogP contribution is -2.29. The van der Waals surface area contributed by atoms with Gasteiger partial charge < -0.3 is 19.5 Å². The average molecular weight is 535 g/mol. The lowest BCUT2D eigenvalue weighted by Gasteiger charge is -2.25. The average Bonchev–Trinajstić information content (AvgIpc) is 3.22. The normalized spacial score (nSPS) is 16.2. The third-order valence-corrected chi connectivity index (χ3v) is 6.66. The van der Waals surface area contributed by atoms with Crippen molar-refractivity contribution in [2.24, 2.45) is 0 Å². The molecule has 1 N–H and O–H groups in total. The number of Topliss-reactive ketones (excluding diaryl/α,β-unsaturated/α-hetero) is 1. The molecule has 2 heterocycles. The number of ketones is 1. The number of para-hydroxylation sites is 1. The number of aliphatic hydroxyl groups is 1. The lowest BCUT2D eigenvalue weighted by atomic mass is 9.94. The first-order valence-corrected chi connectivity index (χ1v) is 13.2. The summed E-state index contributed by atoms with van der Waals surface area (Å²) in [5.74, 6) is 0.203. The number of benzene rings is 3. The second-order valence-electron chi connectivity index (χ2n) is 9.56. The summed E-state index contributed by atoms with van der Waals surface area (Å²) in [6.07, 6.45) is 2.51. The maximum absolute atomic E-state index is 13.5. The molecule has 1 aliphatic heterocycles. The van der Waals surface area contributed by atoms with Gasteiger partial charge in [0.05, 0.1) is 30.5 Å². The molecule has 3 aromatic carbocycles. The van der Waals surface area contributed by atoms with Crippen LogP contribution in [0.1, 0.15) is 41.8 Å². The predicted octanol–water partition coefficient (Wildman–Crippen LogP) is 6.59. The van der Waals surface area contributed by atoms with Gasteiger partial charge in [-0.2, -0.15) is 0 Å². The number of hydrogen-bond donors (Lipinski definition) is 1. The molecule has 1 fully saturated rings. The number of pyridine rings is 1. The zero-order chi connectivity index (χ0) is 28.1. The van der Waals surface area contributed by atoms with Gasteiger partial charge in [0.25, 0.3) is 11.7 Å². The summed E-state index contributed by atoms with van der Waals surface area (Å²) in [5, 5.41) is 11.5. The van der Waals surface area contributed by atoms with Gasteiger partial charge in [-0.25, -0.2) is 0 Å². The second-order valence-corrected chi connectivity index (χ2v) is 9.56. The number of rotatable bonds is 9. The third kappa shape index (κ3) is 5.59. The van der Waals surface area contributed by atoms with E-state index in [1.54, 1.807) is 54.7 Å². The molecule has 1 unspecified atom stereocenters. The number of likely N-dealkylation sites (tertiary alicyclic amines) is 1. The molecule has 202 valence electrons. The minimum atomic E-state index is -0.849. The van der Waals surface area contributed by atoms with Crippen molar-refractivity contribution in [2.75, 3.05) is 6.61 Å². The Balaban J connectivity index is 1.59. The lowest BCUT2D eigenvalue weighted by molar-refractivity contribution is -0.140. The maximum Gasteiger partial charge on any atom is 0.296 e. The van der Waals surface area contributed by atoms with Crippen LogP contribution in [0.25, 0.3) is 5.76 Å². The molecule has 7 heteroatoms. The van der Waals surface area contributed by atoms with E-state index in [9.17, 15) is 14.7 Å². The van der Waals surface area contributed by atoms with Crippen molar-refractivity contribution < 1.29 is 24.2 Å². The largest absolute Gasteiger partial charge is 0.507 e. The van der Waals surface area contributed by atoms with E-state index in [1.807, 2.05) is 56.3 Å². The Labute approximate surface area is 233 Å². The Morgan fingerprint density at radius 3 is 2.42 bits per heavy atom. The zero-order valence-electron chi connectivity index (χ0n) is 22.4. The number of carbonyl (C=O) groups is 2. The number of ether oxygens (including phenoxy) is 2. The number of carbonyl (C=O) groups excluding carboxylic acids is 2. The van der Waals surface area contributed by atoms with Crippen molar-refractivity contribution in [3.8, 4) is 17.2 Å². The zero-order valence-corrected chi connectivity index (χ0v) is 22.4. The Morgan fingerprint density at radius 1 is 0.925 bits per heavy atom. The first-order valence-electron chi connectivity index (χ1n) is 13.2. The first kappa shape index (κ1) is 26.7. The molecule has 4 aromatic rings. The summed E-state index contributed by atoms with van der Waals surface area (Å²) in [4.78, 5) is 32.7. The van der Waals surface area contributed by atoms with Crippen molar-refractivity contribution in [2.45, 2.75) is 32.9 Å². The fraction of sp³-hybridized carbons (Fsp3) is 0.182. The van der Waals surface area contributed by atoms with E-state index in [2.05, 4.69) is 4.98 Å². The molecule has 0 radical (unpaired) electrons. The SMILES string of the molecule is CCCOc1ccc(/C(O)=C2\C(=O)C(=O)N(Cc3ccccn3)C2c2cccc(Oc3ccccc3)c2)cc1C. The van der Waals surface area contributed by atoms with Gasteiger partial charge >= 0.3 is 0 Å². The number of hydrogen-bond acceptors (Lipinski definition) is 6. The van der Waals surface area contributed by atoms with Crippen molar-refractivity contribution in [3.05, 3.63) is 125 Å². The minimum Gasteiger partial charge on any atom is -0.507 e. The molecule has 0 bridgehead atoms. The van der Waals surface area contributed by atoms with Gasteiger partial charge in [-0.1, -0.05) is 43.3 Å². The fourth-order valence-electron chi connectivity index (χ4n) is 4.75. The number of nitrogens with zero attached hydrogens (tertiary/aromatic N) is 2. The predicted molar refractivity (Wildman–Crippen MR) is 152 cm³/mol. The highest BCUT2D eigenvalue weighted by molar-refractivity contribution is 6.46. The van der Waals surface area contributed by atoms with Crippen molar-refractivity contribution in [1.82, 2.24) is 9.88 Å². The van der Waals surface area contributed by atoms with E-state index >= 15 is 0 Å². The molecule has 1 aromatic heterocycles. The Hall–Kier alpha value is -4.91. The molecular weight excluding hydrogens is 504 g/mol. The van der Waals surface area contributed by atoms with E-state index in [4.69, 9.17) is 9.47 Å². The molecule has 0 spiro atoms. The minimum absolute atomic E-state index is 0.0134. The molecule has 1 aliphatic rings. The Morgan fingerprint density at radius 2 is 1.70 bits per heavy atom. The topological polar surface area (TPSA) is 89.0 Å².